The Labute approximate surface area is 120 Å². The molecule has 4 heteroatoms. The normalized spacial score (nSPS) is 27.4. The topological polar surface area (TPSA) is 41.6 Å². The highest BCUT2D eigenvalue weighted by molar-refractivity contribution is 5.79. The van der Waals surface area contributed by atoms with E-state index in [1.807, 2.05) is 35.2 Å². The Morgan fingerprint density at radius 2 is 2.10 bits per heavy atom. The Morgan fingerprint density at radius 1 is 1.35 bits per heavy atom. The van der Waals surface area contributed by atoms with Gasteiger partial charge in [0.2, 0.25) is 0 Å². The molecular weight excluding hydrogens is 252 g/mol. The van der Waals surface area contributed by atoms with Gasteiger partial charge in [-0.1, -0.05) is 18.2 Å². The van der Waals surface area contributed by atoms with E-state index < -0.39 is 0 Å². The van der Waals surface area contributed by atoms with Crippen molar-refractivity contribution in [3.05, 3.63) is 30.3 Å². The van der Waals surface area contributed by atoms with Crippen LogP contribution >= 0.6 is 0 Å². The first-order chi connectivity index (χ1) is 9.59. The molecule has 4 nitrogen and oxygen atoms in total. The molecule has 2 aliphatic rings. The van der Waals surface area contributed by atoms with Gasteiger partial charge in [-0.05, 0) is 37.8 Å². The summed E-state index contributed by atoms with van der Waals surface area (Å²) in [4.78, 5) is 14.5. The van der Waals surface area contributed by atoms with E-state index in [1.165, 1.54) is 0 Å². The number of nitrogens with one attached hydrogen (secondary N) is 1. The van der Waals surface area contributed by atoms with Crippen LogP contribution in [0.15, 0.2) is 30.3 Å². The van der Waals surface area contributed by atoms with Crippen LogP contribution in [0.1, 0.15) is 13.8 Å². The van der Waals surface area contributed by atoms with Gasteiger partial charge in [0.25, 0.3) is 5.91 Å². The molecule has 1 N–H and O–H groups in total. The third-order valence-electron chi connectivity index (χ3n) is 4.77. The van der Waals surface area contributed by atoms with Crippen molar-refractivity contribution in [2.75, 3.05) is 26.2 Å². The number of hydrogen-bond donors (Lipinski definition) is 1. The molecule has 0 aliphatic carbocycles. The van der Waals surface area contributed by atoms with E-state index in [0.717, 1.165) is 25.4 Å². The Balaban J connectivity index is 1.63. The van der Waals surface area contributed by atoms with Gasteiger partial charge in [0.15, 0.2) is 6.61 Å². The van der Waals surface area contributed by atoms with Gasteiger partial charge in [0, 0.05) is 25.2 Å². The van der Waals surface area contributed by atoms with Crippen LogP contribution in [0.4, 0.5) is 0 Å². The van der Waals surface area contributed by atoms with Crippen LogP contribution < -0.4 is 10.1 Å². The molecule has 1 amide bonds. The molecule has 2 saturated heterocycles. The summed E-state index contributed by atoms with van der Waals surface area (Å²) in [6, 6.07) is 9.51. The lowest BCUT2D eigenvalue weighted by Crippen LogP contribution is -2.49. The van der Waals surface area contributed by atoms with E-state index in [4.69, 9.17) is 4.74 Å². The molecule has 0 aromatic heterocycles. The van der Waals surface area contributed by atoms with E-state index in [9.17, 15) is 4.79 Å². The Morgan fingerprint density at radius 3 is 2.80 bits per heavy atom. The second-order valence-electron chi connectivity index (χ2n) is 6.28. The fourth-order valence-corrected chi connectivity index (χ4v) is 3.58. The maximum absolute atomic E-state index is 12.4. The Bertz CT molecular complexity index is 487. The summed E-state index contributed by atoms with van der Waals surface area (Å²) in [5.74, 6) is 1.99. The number of carbonyl (C=O) groups is 1. The van der Waals surface area contributed by atoms with Crippen LogP contribution in [0.2, 0.25) is 0 Å². The van der Waals surface area contributed by atoms with Gasteiger partial charge in [0.1, 0.15) is 5.75 Å². The molecule has 1 aromatic rings. The molecule has 2 heterocycles. The molecule has 108 valence electrons. The van der Waals surface area contributed by atoms with Gasteiger partial charge < -0.3 is 15.0 Å². The minimum absolute atomic E-state index is 0.0781. The highest BCUT2D eigenvalue weighted by atomic mass is 16.5. The maximum atomic E-state index is 12.4. The fraction of sp³-hybridized carbons (Fsp3) is 0.562. The monoisotopic (exact) mass is 274 g/mol. The van der Waals surface area contributed by atoms with Crippen LogP contribution in [-0.2, 0) is 4.79 Å². The van der Waals surface area contributed by atoms with Crippen LogP contribution in [0.5, 0.6) is 5.75 Å². The van der Waals surface area contributed by atoms with Crippen molar-refractivity contribution in [1.29, 1.82) is 0 Å². The number of benzene rings is 1. The zero-order chi connectivity index (χ0) is 14.2. The number of rotatable bonds is 3. The third-order valence-corrected chi connectivity index (χ3v) is 4.77. The molecule has 1 aromatic carbocycles. The first kappa shape index (κ1) is 13.4. The summed E-state index contributed by atoms with van der Waals surface area (Å²) < 4.78 is 5.59. The number of amides is 1. The smallest absolute Gasteiger partial charge is 0.260 e. The summed E-state index contributed by atoms with van der Waals surface area (Å²) >= 11 is 0. The van der Waals surface area contributed by atoms with Crippen LogP contribution in [0.25, 0.3) is 0 Å². The van der Waals surface area contributed by atoms with Crippen molar-refractivity contribution in [3.63, 3.8) is 0 Å². The van der Waals surface area contributed by atoms with E-state index in [2.05, 4.69) is 19.2 Å². The van der Waals surface area contributed by atoms with Crippen molar-refractivity contribution in [3.8, 4) is 5.75 Å². The summed E-state index contributed by atoms with van der Waals surface area (Å²) in [5, 5.41) is 3.43. The molecular formula is C16H22N2O2. The standard InChI is InChI=1S/C16H22N2O2/c1-16(2)14-9-17-8-12(14)10-18(16)15(19)11-20-13-6-4-3-5-7-13/h3-7,12,14,17H,8-11H2,1-2H3. The van der Waals surface area contributed by atoms with Crippen molar-refractivity contribution < 1.29 is 9.53 Å². The summed E-state index contributed by atoms with van der Waals surface area (Å²) in [7, 11) is 0. The lowest BCUT2D eigenvalue weighted by molar-refractivity contribution is -0.137. The Hall–Kier alpha value is -1.55. The Kier molecular flexibility index (Phi) is 3.42. The zero-order valence-electron chi connectivity index (χ0n) is 12.1. The average molecular weight is 274 g/mol. The van der Waals surface area contributed by atoms with Gasteiger partial charge in [-0.15, -0.1) is 0 Å². The molecule has 2 unspecified atom stereocenters. The molecule has 0 saturated carbocycles. The van der Waals surface area contributed by atoms with Crippen molar-refractivity contribution in [2.24, 2.45) is 11.8 Å². The number of likely N-dealkylation sites (tertiary alicyclic amines) is 1. The second kappa shape index (κ2) is 5.09. The zero-order valence-corrected chi connectivity index (χ0v) is 12.1. The molecule has 0 radical (unpaired) electrons. The molecule has 3 rings (SSSR count). The third kappa shape index (κ3) is 2.29. The SMILES string of the molecule is CC1(C)C2CNCC2CN1C(=O)COc1ccccc1. The van der Waals surface area contributed by atoms with E-state index in [1.54, 1.807) is 0 Å². The van der Waals surface area contributed by atoms with Crippen molar-refractivity contribution in [2.45, 2.75) is 19.4 Å². The van der Waals surface area contributed by atoms with Gasteiger partial charge in [-0.2, -0.15) is 0 Å². The largest absolute Gasteiger partial charge is 0.484 e. The lowest BCUT2D eigenvalue weighted by atomic mass is 9.85. The minimum Gasteiger partial charge on any atom is -0.484 e. The number of carbonyl (C=O) groups excluding carboxylic acids is 1. The number of ether oxygens (including phenoxy) is 1. The van der Waals surface area contributed by atoms with Gasteiger partial charge in [-0.25, -0.2) is 0 Å². The fourth-order valence-electron chi connectivity index (χ4n) is 3.58. The predicted molar refractivity (Wildman–Crippen MR) is 77.6 cm³/mol. The predicted octanol–water partition coefficient (Wildman–Crippen LogP) is 1.52. The number of nitrogens with zero attached hydrogens (tertiary/aromatic N) is 1. The quantitative estimate of drug-likeness (QED) is 0.908. The molecule has 20 heavy (non-hydrogen) atoms. The second-order valence-corrected chi connectivity index (χ2v) is 6.28. The summed E-state index contributed by atoms with van der Waals surface area (Å²) in [6.07, 6.45) is 0. The highest BCUT2D eigenvalue weighted by Gasteiger charge is 2.51. The van der Waals surface area contributed by atoms with E-state index in [0.29, 0.717) is 11.8 Å². The first-order valence-electron chi connectivity index (χ1n) is 7.28. The van der Waals surface area contributed by atoms with Crippen LogP contribution in [0, 0.1) is 11.8 Å². The van der Waals surface area contributed by atoms with E-state index in [-0.39, 0.29) is 18.1 Å². The number of fused-ring (bicyclic) bond motifs is 1. The molecule has 2 fully saturated rings. The van der Waals surface area contributed by atoms with Gasteiger partial charge in [0.05, 0.1) is 0 Å². The highest BCUT2D eigenvalue weighted by Crippen LogP contribution is 2.40. The lowest BCUT2D eigenvalue weighted by Gasteiger charge is -2.35. The average Bonchev–Trinajstić information content (AvgIpc) is 3.00. The molecule has 0 spiro atoms. The number of para-hydroxylation sites is 1. The first-order valence-corrected chi connectivity index (χ1v) is 7.28. The summed E-state index contributed by atoms with van der Waals surface area (Å²) in [6.45, 7) is 7.36. The molecule has 0 bridgehead atoms. The van der Waals surface area contributed by atoms with Crippen molar-refractivity contribution >= 4 is 5.91 Å². The van der Waals surface area contributed by atoms with Crippen LogP contribution in [-0.4, -0.2) is 42.6 Å². The van der Waals surface area contributed by atoms with E-state index >= 15 is 0 Å². The maximum Gasteiger partial charge on any atom is 0.260 e. The van der Waals surface area contributed by atoms with Crippen molar-refractivity contribution in [1.82, 2.24) is 10.2 Å². The number of hydrogen-bond acceptors (Lipinski definition) is 3. The van der Waals surface area contributed by atoms with Gasteiger partial charge in [-0.3, -0.25) is 4.79 Å². The molecule has 2 atom stereocenters. The van der Waals surface area contributed by atoms with Crippen LogP contribution in [0.3, 0.4) is 0 Å². The van der Waals surface area contributed by atoms with Gasteiger partial charge >= 0.3 is 0 Å². The molecule has 2 aliphatic heterocycles. The minimum atomic E-state index is -0.0781. The summed E-state index contributed by atoms with van der Waals surface area (Å²) in [5.41, 5.74) is -0.0781.